The van der Waals surface area contributed by atoms with Crippen LogP contribution in [0.1, 0.15) is 43.7 Å². The van der Waals surface area contributed by atoms with Crippen LogP contribution < -0.4 is 10.6 Å². The van der Waals surface area contributed by atoms with Gasteiger partial charge in [-0.3, -0.25) is 0 Å². The van der Waals surface area contributed by atoms with Gasteiger partial charge in [0.25, 0.3) is 0 Å². The summed E-state index contributed by atoms with van der Waals surface area (Å²) in [4.78, 5) is 0. The van der Waals surface area contributed by atoms with E-state index in [9.17, 15) is 0 Å². The van der Waals surface area contributed by atoms with Crippen molar-refractivity contribution < 1.29 is 0 Å². The number of hydrogen-bond donors (Lipinski definition) is 2. The molecule has 1 saturated carbocycles. The number of hydrogen-bond acceptors (Lipinski definition) is 1. The summed E-state index contributed by atoms with van der Waals surface area (Å²) < 4.78 is 0. The number of rotatable bonds is 2. The minimum atomic E-state index is 0.527. The lowest BCUT2D eigenvalue weighted by Crippen LogP contribution is -2.43. The Bertz CT molecular complexity index is 456. The summed E-state index contributed by atoms with van der Waals surface area (Å²) >= 11 is 5.45. The van der Waals surface area contributed by atoms with Crippen molar-refractivity contribution in [2.75, 3.05) is 5.32 Å². The van der Waals surface area contributed by atoms with Gasteiger partial charge in [-0.15, -0.1) is 0 Å². The summed E-state index contributed by atoms with van der Waals surface area (Å²) in [5, 5.41) is 7.58. The molecule has 0 aliphatic heterocycles. The fourth-order valence-corrected chi connectivity index (χ4v) is 2.99. The van der Waals surface area contributed by atoms with E-state index in [1.165, 1.54) is 36.8 Å². The molecule has 2 rings (SSSR count). The molecule has 2 nitrogen and oxygen atoms in total. The number of benzene rings is 1. The maximum atomic E-state index is 5.45. The smallest absolute Gasteiger partial charge is 0.171 e. The molecule has 0 bridgehead atoms. The van der Waals surface area contributed by atoms with Gasteiger partial charge in [0.1, 0.15) is 0 Å². The summed E-state index contributed by atoms with van der Waals surface area (Å²) in [5.41, 5.74) is 3.59. The van der Waals surface area contributed by atoms with Crippen LogP contribution in [-0.2, 0) is 0 Å². The van der Waals surface area contributed by atoms with Crippen LogP contribution in [0.5, 0.6) is 0 Å². The molecule has 2 atom stereocenters. The molecule has 1 aromatic carbocycles. The van der Waals surface area contributed by atoms with Gasteiger partial charge in [0, 0.05) is 11.7 Å². The zero-order chi connectivity index (χ0) is 13.8. The molecule has 0 spiro atoms. The van der Waals surface area contributed by atoms with E-state index in [-0.39, 0.29) is 0 Å². The van der Waals surface area contributed by atoms with Crippen molar-refractivity contribution >= 4 is 23.0 Å². The van der Waals surface area contributed by atoms with Crippen LogP contribution >= 0.6 is 12.2 Å². The van der Waals surface area contributed by atoms with E-state index in [0.717, 1.165) is 10.8 Å². The minimum Gasteiger partial charge on any atom is -0.359 e. The SMILES string of the molecule is Cc1ccc(C)c(NC(=S)NC2CCCCC2C)c1. The van der Waals surface area contributed by atoms with E-state index in [1.807, 2.05) is 0 Å². The molecule has 1 aliphatic carbocycles. The monoisotopic (exact) mass is 276 g/mol. The fourth-order valence-electron chi connectivity index (χ4n) is 2.73. The molecule has 1 aromatic rings. The van der Waals surface area contributed by atoms with Gasteiger partial charge in [0.05, 0.1) is 0 Å². The highest BCUT2D eigenvalue weighted by Crippen LogP contribution is 2.24. The highest BCUT2D eigenvalue weighted by atomic mass is 32.1. The van der Waals surface area contributed by atoms with E-state index in [1.54, 1.807) is 0 Å². The average molecular weight is 276 g/mol. The van der Waals surface area contributed by atoms with Gasteiger partial charge in [-0.1, -0.05) is 31.9 Å². The predicted molar refractivity (Wildman–Crippen MR) is 86.7 cm³/mol. The first kappa shape index (κ1) is 14.3. The van der Waals surface area contributed by atoms with Crippen molar-refractivity contribution in [1.82, 2.24) is 5.32 Å². The second kappa shape index (κ2) is 6.38. The molecule has 2 unspecified atom stereocenters. The van der Waals surface area contributed by atoms with Gasteiger partial charge in [-0.2, -0.15) is 0 Å². The third kappa shape index (κ3) is 3.93. The molecule has 0 saturated heterocycles. The Morgan fingerprint density at radius 1 is 1.21 bits per heavy atom. The molecule has 0 heterocycles. The van der Waals surface area contributed by atoms with E-state index >= 15 is 0 Å². The van der Waals surface area contributed by atoms with Gasteiger partial charge < -0.3 is 10.6 Å². The first-order chi connectivity index (χ1) is 9.06. The molecule has 2 N–H and O–H groups in total. The molecule has 1 aliphatic rings. The number of thiocarbonyl (C=S) groups is 1. The molecule has 19 heavy (non-hydrogen) atoms. The van der Waals surface area contributed by atoms with Crippen molar-refractivity contribution in [2.45, 2.75) is 52.5 Å². The number of aryl methyl sites for hydroxylation is 2. The first-order valence-corrected chi connectivity index (χ1v) is 7.62. The third-order valence-corrected chi connectivity index (χ3v) is 4.29. The van der Waals surface area contributed by atoms with Gasteiger partial charge in [-0.05, 0) is 62.0 Å². The molecule has 0 aromatic heterocycles. The quantitative estimate of drug-likeness (QED) is 0.793. The van der Waals surface area contributed by atoms with Crippen LogP contribution in [0.4, 0.5) is 5.69 Å². The van der Waals surface area contributed by atoms with Crippen LogP contribution in [-0.4, -0.2) is 11.2 Å². The lowest BCUT2D eigenvalue weighted by Gasteiger charge is -2.30. The molecular weight excluding hydrogens is 252 g/mol. The van der Waals surface area contributed by atoms with E-state index in [2.05, 4.69) is 49.6 Å². The van der Waals surface area contributed by atoms with Gasteiger partial charge in [-0.25, -0.2) is 0 Å². The minimum absolute atomic E-state index is 0.527. The second-order valence-corrected chi connectivity index (χ2v) is 6.19. The largest absolute Gasteiger partial charge is 0.359 e. The summed E-state index contributed by atoms with van der Waals surface area (Å²) in [6, 6.07) is 6.93. The Morgan fingerprint density at radius 2 is 1.95 bits per heavy atom. The van der Waals surface area contributed by atoms with Gasteiger partial charge in [0.2, 0.25) is 0 Å². The van der Waals surface area contributed by atoms with Crippen LogP contribution in [0, 0.1) is 19.8 Å². The zero-order valence-electron chi connectivity index (χ0n) is 12.1. The Kier molecular flexibility index (Phi) is 4.81. The third-order valence-electron chi connectivity index (χ3n) is 4.07. The van der Waals surface area contributed by atoms with Gasteiger partial charge in [0.15, 0.2) is 5.11 Å². The van der Waals surface area contributed by atoms with Crippen molar-refractivity contribution in [2.24, 2.45) is 5.92 Å². The summed E-state index contributed by atoms with van der Waals surface area (Å²) in [5.74, 6) is 0.715. The number of nitrogens with one attached hydrogen (secondary N) is 2. The highest BCUT2D eigenvalue weighted by molar-refractivity contribution is 7.80. The van der Waals surface area contributed by atoms with Crippen molar-refractivity contribution in [1.29, 1.82) is 0 Å². The summed E-state index contributed by atoms with van der Waals surface area (Å²) in [6.07, 6.45) is 5.21. The maximum absolute atomic E-state index is 5.45. The number of anilines is 1. The lowest BCUT2D eigenvalue weighted by molar-refractivity contribution is 0.309. The van der Waals surface area contributed by atoms with E-state index in [0.29, 0.717) is 12.0 Å². The standard InChI is InChI=1S/C16H24N2S/c1-11-8-9-13(3)15(10-11)18-16(19)17-14-7-5-4-6-12(14)2/h8-10,12,14H,4-7H2,1-3H3,(H2,17,18,19). The Balaban J connectivity index is 1.95. The van der Waals surface area contributed by atoms with Gasteiger partial charge >= 0.3 is 0 Å². The van der Waals surface area contributed by atoms with E-state index in [4.69, 9.17) is 12.2 Å². The predicted octanol–water partition coefficient (Wildman–Crippen LogP) is 4.17. The molecular formula is C16H24N2S. The maximum Gasteiger partial charge on any atom is 0.171 e. The first-order valence-electron chi connectivity index (χ1n) is 7.21. The summed E-state index contributed by atoms with van der Waals surface area (Å²) in [7, 11) is 0. The lowest BCUT2D eigenvalue weighted by atomic mass is 9.86. The Labute approximate surface area is 122 Å². The van der Waals surface area contributed by atoms with Crippen LogP contribution in [0.25, 0.3) is 0 Å². The molecule has 0 amide bonds. The normalized spacial score (nSPS) is 22.9. The van der Waals surface area contributed by atoms with Crippen molar-refractivity contribution in [3.05, 3.63) is 29.3 Å². The molecule has 0 radical (unpaired) electrons. The molecule has 1 fully saturated rings. The van der Waals surface area contributed by atoms with E-state index < -0.39 is 0 Å². The van der Waals surface area contributed by atoms with Crippen LogP contribution in [0.3, 0.4) is 0 Å². The van der Waals surface area contributed by atoms with Crippen LogP contribution in [0.2, 0.25) is 0 Å². The zero-order valence-corrected chi connectivity index (χ0v) is 12.9. The van der Waals surface area contributed by atoms with Crippen molar-refractivity contribution in [3.8, 4) is 0 Å². The highest BCUT2D eigenvalue weighted by Gasteiger charge is 2.21. The Morgan fingerprint density at radius 3 is 2.68 bits per heavy atom. The topological polar surface area (TPSA) is 24.1 Å². The fraction of sp³-hybridized carbons (Fsp3) is 0.562. The van der Waals surface area contributed by atoms with Crippen LogP contribution in [0.15, 0.2) is 18.2 Å². The second-order valence-electron chi connectivity index (χ2n) is 5.79. The molecule has 3 heteroatoms. The van der Waals surface area contributed by atoms with Crippen molar-refractivity contribution in [3.63, 3.8) is 0 Å². The average Bonchev–Trinajstić information content (AvgIpc) is 2.37. The Hall–Kier alpha value is -1.09. The molecule has 104 valence electrons. The summed E-state index contributed by atoms with van der Waals surface area (Å²) in [6.45, 7) is 6.52.